The molecule has 1 aromatic heterocycles. The first-order chi connectivity index (χ1) is 11.1. The highest BCUT2D eigenvalue weighted by Crippen LogP contribution is 2.19. The Kier molecular flexibility index (Phi) is 3.97. The Morgan fingerprint density at radius 1 is 0.913 bits per heavy atom. The number of rotatable bonds is 4. The second kappa shape index (κ2) is 6.23. The summed E-state index contributed by atoms with van der Waals surface area (Å²) in [6, 6.07) is 15.8. The first-order valence-electron chi connectivity index (χ1n) is 6.82. The minimum Gasteiger partial charge on any atom is -0.478 e. The van der Waals surface area contributed by atoms with Gasteiger partial charge in [-0.1, -0.05) is 0 Å². The molecule has 0 aliphatic carbocycles. The highest BCUT2D eigenvalue weighted by Gasteiger charge is 2.04. The number of benzene rings is 2. The SMILES string of the molecule is O=C(O)c1ccc(Nc2ccc(-c3ccc(F)cc3)nn2)cc1. The third-order valence-corrected chi connectivity index (χ3v) is 3.21. The molecule has 2 N–H and O–H groups in total. The van der Waals surface area contributed by atoms with E-state index in [2.05, 4.69) is 15.5 Å². The number of nitrogens with zero attached hydrogens (tertiary/aromatic N) is 2. The van der Waals surface area contributed by atoms with Crippen molar-refractivity contribution in [3.63, 3.8) is 0 Å². The summed E-state index contributed by atoms with van der Waals surface area (Å²) in [6.45, 7) is 0. The molecule has 2 aromatic carbocycles. The van der Waals surface area contributed by atoms with Gasteiger partial charge in [-0.3, -0.25) is 0 Å². The Hall–Kier alpha value is -3.28. The maximum absolute atomic E-state index is 12.9. The fourth-order valence-corrected chi connectivity index (χ4v) is 2.02. The first-order valence-corrected chi connectivity index (χ1v) is 6.82. The van der Waals surface area contributed by atoms with Gasteiger partial charge in [0.05, 0.1) is 11.3 Å². The van der Waals surface area contributed by atoms with E-state index in [0.717, 1.165) is 5.56 Å². The number of aromatic carboxylic acids is 1. The van der Waals surface area contributed by atoms with Crippen molar-refractivity contribution >= 4 is 17.5 Å². The molecule has 0 radical (unpaired) electrons. The zero-order valence-corrected chi connectivity index (χ0v) is 11.9. The molecule has 0 unspecified atom stereocenters. The summed E-state index contributed by atoms with van der Waals surface area (Å²) in [5, 5.41) is 20.0. The highest BCUT2D eigenvalue weighted by molar-refractivity contribution is 5.88. The molecule has 0 aliphatic heterocycles. The van der Waals surface area contributed by atoms with E-state index in [4.69, 9.17) is 5.11 Å². The number of carboxylic acids is 1. The van der Waals surface area contributed by atoms with Crippen LogP contribution in [0.5, 0.6) is 0 Å². The second-order valence-electron chi connectivity index (χ2n) is 4.82. The monoisotopic (exact) mass is 309 g/mol. The molecule has 0 bridgehead atoms. The van der Waals surface area contributed by atoms with Gasteiger partial charge in [-0.25, -0.2) is 9.18 Å². The topological polar surface area (TPSA) is 75.1 Å². The van der Waals surface area contributed by atoms with E-state index in [1.165, 1.54) is 24.3 Å². The van der Waals surface area contributed by atoms with Gasteiger partial charge >= 0.3 is 5.97 Å². The summed E-state index contributed by atoms with van der Waals surface area (Å²) in [4.78, 5) is 10.8. The van der Waals surface area contributed by atoms with Crippen molar-refractivity contribution in [1.82, 2.24) is 10.2 Å². The summed E-state index contributed by atoms with van der Waals surface area (Å²) >= 11 is 0. The van der Waals surface area contributed by atoms with E-state index in [1.807, 2.05) is 0 Å². The lowest BCUT2D eigenvalue weighted by molar-refractivity contribution is 0.0697. The molecule has 5 nitrogen and oxygen atoms in total. The molecule has 0 aliphatic rings. The first kappa shape index (κ1) is 14.6. The van der Waals surface area contributed by atoms with Gasteiger partial charge in [0.1, 0.15) is 5.82 Å². The quantitative estimate of drug-likeness (QED) is 0.768. The molecule has 1 heterocycles. The molecule has 0 amide bonds. The van der Waals surface area contributed by atoms with Crippen molar-refractivity contribution in [3.8, 4) is 11.3 Å². The van der Waals surface area contributed by atoms with Crippen molar-refractivity contribution in [1.29, 1.82) is 0 Å². The van der Waals surface area contributed by atoms with Crippen LogP contribution >= 0.6 is 0 Å². The third-order valence-electron chi connectivity index (χ3n) is 3.21. The molecule has 3 aromatic rings. The summed E-state index contributed by atoms with van der Waals surface area (Å²) in [6.07, 6.45) is 0. The van der Waals surface area contributed by atoms with Crippen LogP contribution < -0.4 is 5.32 Å². The predicted molar refractivity (Wildman–Crippen MR) is 84.1 cm³/mol. The number of halogens is 1. The Balaban J connectivity index is 1.74. The molecule has 0 saturated carbocycles. The van der Waals surface area contributed by atoms with Gasteiger partial charge < -0.3 is 10.4 Å². The van der Waals surface area contributed by atoms with Gasteiger partial charge in [0.25, 0.3) is 0 Å². The zero-order chi connectivity index (χ0) is 16.2. The van der Waals surface area contributed by atoms with Crippen LogP contribution in [0.1, 0.15) is 10.4 Å². The Labute approximate surface area is 131 Å². The number of hydrogen-bond acceptors (Lipinski definition) is 4. The number of aromatic nitrogens is 2. The minimum absolute atomic E-state index is 0.216. The third kappa shape index (κ3) is 3.49. The number of carbonyl (C=O) groups is 1. The predicted octanol–water partition coefficient (Wildman–Crippen LogP) is 3.72. The highest BCUT2D eigenvalue weighted by atomic mass is 19.1. The summed E-state index contributed by atoms with van der Waals surface area (Å²) in [7, 11) is 0. The lowest BCUT2D eigenvalue weighted by atomic mass is 10.1. The van der Waals surface area contributed by atoms with Crippen LogP contribution in [0.2, 0.25) is 0 Å². The van der Waals surface area contributed by atoms with Crippen molar-refractivity contribution in [3.05, 3.63) is 72.0 Å². The smallest absolute Gasteiger partial charge is 0.335 e. The van der Waals surface area contributed by atoms with E-state index in [0.29, 0.717) is 17.2 Å². The van der Waals surface area contributed by atoms with Gasteiger partial charge in [0.15, 0.2) is 5.82 Å². The van der Waals surface area contributed by atoms with Gasteiger partial charge in [0, 0.05) is 11.3 Å². The van der Waals surface area contributed by atoms with Crippen molar-refractivity contribution in [2.75, 3.05) is 5.32 Å². The summed E-state index contributed by atoms with van der Waals surface area (Å²) in [5.41, 5.74) is 2.33. The van der Waals surface area contributed by atoms with Crippen LogP contribution in [0, 0.1) is 5.82 Å². The fraction of sp³-hybridized carbons (Fsp3) is 0. The van der Waals surface area contributed by atoms with Crippen molar-refractivity contribution in [2.45, 2.75) is 0 Å². The molecule has 0 fully saturated rings. The van der Waals surface area contributed by atoms with Crippen LogP contribution in [0.25, 0.3) is 11.3 Å². The Bertz CT molecular complexity index is 816. The zero-order valence-electron chi connectivity index (χ0n) is 11.9. The molecule has 0 spiro atoms. The maximum Gasteiger partial charge on any atom is 0.335 e. The standard InChI is InChI=1S/C17H12FN3O2/c18-13-5-1-11(2-6-13)15-9-10-16(21-20-15)19-14-7-3-12(4-8-14)17(22)23/h1-10H,(H,19,21)(H,22,23). The molecular formula is C17H12FN3O2. The number of hydrogen-bond donors (Lipinski definition) is 2. The van der Waals surface area contributed by atoms with E-state index in [9.17, 15) is 9.18 Å². The van der Waals surface area contributed by atoms with Crippen LogP contribution in [0.15, 0.2) is 60.7 Å². The number of carboxylic acid groups (broad SMARTS) is 1. The van der Waals surface area contributed by atoms with Crippen LogP contribution in [0.3, 0.4) is 0 Å². The Morgan fingerprint density at radius 2 is 1.61 bits per heavy atom. The van der Waals surface area contributed by atoms with Gasteiger partial charge in [-0.15, -0.1) is 10.2 Å². The van der Waals surface area contributed by atoms with Crippen LogP contribution in [0.4, 0.5) is 15.9 Å². The lowest BCUT2D eigenvalue weighted by Crippen LogP contribution is -1.98. The molecule has 0 atom stereocenters. The summed E-state index contributed by atoms with van der Waals surface area (Å²) < 4.78 is 12.9. The molecule has 6 heteroatoms. The van der Waals surface area contributed by atoms with E-state index in [1.54, 1.807) is 36.4 Å². The maximum atomic E-state index is 12.9. The van der Waals surface area contributed by atoms with Crippen molar-refractivity contribution in [2.24, 2.45) is 0 Å². The average Bonchev–Trinajstić information content (AvgIpc) is 2.57. The molecular weight excluding hydrogens is 297 g/mol. The van der Waals surface area contributed by atoms with Gasteiger partial charge in [-0.2, -0.15) is 0 Å². The molecule has 0 saturated heterocycles. The lowest BCUT2D eigenvalue weighted by Gasteiger charge is -2.06. The van der Waals surface area contributed by atoms with Crippen molar-refractivity contribution < 1.29 is 14.3 Å². The summed E-state index contributed by atoms with van der Waals surface area (Å²) in [5.74, 6) is -0.747. The van der Waals surface area contributed by atoms with E-state index in [-0.39, 0.29) is 11.4 Å². The number of nitrogens with one attached hydrogen (secondary N) is 1. The van der Waals surface area contributed by atoms with E-state index < -0.39 is 5.97 Å². The fourth-order valence-electron chi connectivity index (χ4n) is 2.02. The second-order valence-corrected chi connectivity index (χ2v) is 4.82. The minimum atomic E-state index is -0.972. The molecule has 114 valence electrons. The van der Waals surface area contributed by atoms with Crippen LogP contribution in [-0.4, -0.2) is 21.3 Å². The van der Waals surface area contributed by atoms with E-state index >= 15 is 0 Å². The Morgan fingerprint density at radius 3 is 2.17 bits per heavy atom. The number of anilines is 2. The molecule has 3 rings (SSSR count). The normalized spacial score (nSPS) is 10.3. The largest absolute Gasteiger partial charge is 0.478 e. The van der Waals surface area contributed by atoms with Crippen LogP contribution in [-0.2, 0) is 0 Å². The van der Waals surface area contributed by atoms with Gasteiger partial charge in [0.2, 0.25) is 0 Å². The van der Waals surface area contributed by atoms with Gasteiger partial charge in [-0.05, 0) is 60.7 Å². The average molecular weight is 309 g/mol. The molecule has 23 heavy (non-hydrogen) atoms.